The number of likely N-dealkylation sites (tertiary alicyclic amines) is 1. The van der Waals surface area contributed by atoms with Crippen molar-refractivity contribution in [1.29, 1.82) is 0 Å². The molecule has 0 unspecified atom stereocenters. The molecule has 0 spiro atoms. The molecule has 3 nitrogen and oxygen atoms in total. The molecular formula is C11H14N2O. The van der Waals surface area contributed by atoms with Gasteiger partial charge in [-0.3, -0.25) is 9.78 Å². The van der Waals surface area contributed by atoms with E-state index in [1.807, 2.05) is 17.2 Å². The lowest BCUT2D eigenvalue weighted by molar-refractivity contribution is -0.119. The molecule has 0 aromatic carbocycles. The number of aromatic nitrogens is 1. The summed E-state index contributed by atoms with van der Waals surface area (Å²) in [7, 11) is 0. The first-order valence-electron chi connectivity index (χ1n) is 4.99. The van der Waals surface area contributed by atoms with Gasteiger partial charge >= 0.3 is 0 Å². The van der Waals surface area contributed by atoms with Gasteiger partial charge in [-0.25, -0.2) is 0 Å². The normalized spacial score (nSPS) is 18.1. The number of nitrogens with zero attached hydrogens (tertiary/aromatic N) is 2. The summed E-state index contributed by atoms with van der Waals surface area (Å²) in [6.07, 6.45) is 6.79. The zero-order valence-electron chi connectivity index (χ0n) is 8.10. The van der Waals surface area contributed by atoms with E-state index in [0.29, 0.717) is 5.92 Å². The summed E-state index contributed by atoms with van der Waals surface area (Å²) >= 11 is 0. The van der Waals surface area contributed by atoms with Crippen LogP contribution in [0.25, 0.3) is 0 Å². The van der Waals surface area contributed by atoms with Crippen LogP contribution >= 0.6 is 0 Å². The minimum atomic E-state index is 0.583. The molecule has 0 atom stereocenters. The molecule has 1 fully saturated rings. The molecule has 1 aliphatic rings. The van der Waals surface area contributed by atoms with Crippen molar-refractivity contribution in [2.45, 2.75) is 18.8 Å². The molecule has 74 valence electrons. The van der Waals surface area contributed by atoms with Crippen molar-refractivity contribution in [3.63, 3.8) is 0 Å². The summed E-state index contributed by atoms with van der Waals surface area (Å²) in [6, 6.07) is 4.09. The van der Waals surface area contributed by atoms with Gasteiger partial charge < -0.3 is 4.90 Å². The van der Waals surface area contributed by atoms with Crippen LogP contribution < -0.4 is 0 Å². The maximum absolute atomic E-state index is 10.5. The minimum Gasteiger partial charge on any atom is -0.345 e. The first-order chi connectivity index (χ1) is 6.90. The monoisotopic (exact) mass is 190 g/mol. The van der Waals surface area contributed by atoms with Crippen molar-refractivity contribution in [2.75, 3.05) is 13.1 Å². The van der Waals surface area contributed by atoms with Gasteiger partial charge in [0, 0.05) is 25.5 Å². The van der Waals surface area contributed by atoms with Crippen LogP contribution in [0.4, 0.5) is 0 Å². The maximum atomic E-state index is 10.5. The third kappa shape index (κ3) is 1.92. The number of carbonyl (C=O) groups is 1. The molecule has 0 saturated carbocycles. The van der Waals surface area contributed by atoms with Crippen LogP contribution in [0.2, 0.25) is 0 Å². The fourth-order valence-electron chi connectivity index (χ4n) is 1.96. The Balaban J connectivity index is 1.99. The summed E-state index contributed by atoms with van der Waals surface area (Å²) in [4.78, 5) is 16.5. The number of amides is 1. The molecule has 0 bridgehead atoms. The lowest BCUT2D eigenvalue weighted by Gasteiger charge is -2.29. The van der Waals surface area contributed by atoms with Gasteiger partial charge in [-0.1, -0.05) is 6.07 Å². The average molecular weight is 190 g/mol. The fraction of sp³-hybridized carbons (Fsp3) is 0.455. The largest absolute Gasteiger partial charge is 0.345 e. The smallest absolute Gasteiger partial charge is 0.209 e. The quantitative estimate of drug-likeness (QED) is 0.661. The van der Waals surface area contributed by atoms with Crippen LogP contribution in [0.3, 0.4) is 0 Å². The Kier molecular flexibility index (Phi) is 2.77. The number of hydrogen-bond acceptors (Lipinski definition) is 2. The van der Waals surface area contributed by atoms with E-state index in [0.717, 1.165) is 32.3 Å². The van der Waals surface area contributed by atoms with Gasteiger partial charge in [0.15, 0.2) is 0 Å². The van der Waals surface area contributed by atoms with Crippen LogP contribution in [0.1, 0.15) is 24.3 Å². The molecule has 1 aliphatic heterocycles. The molecule has 1 amide bonds. The third-order valence-electron chi connectivity index (χ3n) is 2.83. The van der Waals surface area contributed by atoms with Crippen molar-refractivity contribution in [3.8, 4) is 0 Å². The van der Waals surface area contributed by atoms with E-state index in [4.69, 9.17) is 0 Å². The zero-order chi connectivity index (χ0) is 9.80. The second-order valence-electron chi connectivity index (χ2n) is 3.70. The van der Waals surface area contributed by atoms with Gasteiger partial charge in [-0.05, 0) is 30.4 Å². The number of piperidine rings is 1. The zero-order valence-corrected chi connectivity index (χ0v) is 8.10. The number of carbonyl (C=O) groups excluding carboxylic acids is 1. The molecule has 2 rings (SSSR count). The predicted octanol–water partition coefficient (Wildman–Crippen LogP) is 1.42. The Morgan fingerprint density at radius 1 is 1.43 bits per heavy atom. The maximum Gasteiger partial charge on any atom is 0.209 e. The lowest BCUT2D eigenvalue weighted by Crippen LogP contribution is -2.31. The standard InChI is InChI=1S/C11H14N2O/c14-9-13-6-3-10(4-7-13)11-2-1-5-12-8-11/h1-2,5,8-10H,3-4,6-7H2. The molecule has 0 radical (unpaired) electrons. The SMILES string of the molecule is O=CN1CCC(c2cccnc2)CC1. The lowest BCUT2D eigenvalue weighted by atomic mass is 9.91. The molecule has 2 heterocycles. The van der Waals surface area contributed by atoms with Crippen molar-refractivity contribution < 1.29 is 4.79 Å². The molecule has 0 N–H and O–H groups in total. The van der Waals surface area contributed by atoms with Crippen LogP contribution in [0, 0.1) is 0 Å². The van der Waals surface area contributed by atoms with Gasteiger partial charge in [0.05, 0.1) is 0 Å². The Morgan fingerprint density at radius 2 is 2.21 bits per heavy atom. The molecular weight excluding hydrogens is 176 g/mol. The summed E-state index contributed by atoms with van der Waals surface area (Å²) in [5.74, 6) is 0.583. The number of rotatable bonds is 2. The molecule has 1 aromatic heterocycles. The first kappa shape index (κ1) is 9.19. The molecule has 0 aliphatic carbocycles. The van der Waals surface area contributed by atoms with E-state index in [9.17, 15) is 4.79 Å². The second kappa shape index (κ2) is 4.22. The van der Waals surface area contributed by atoms with Crippen LogP contribution in [0.5, 0.6) is 0 Å². The Bertz CT molecular complexity index is 291. The van der Waals surface area contributed by atoms with E-state index < -0.39 is 0 Å². The molecule has 1 aromatic rings. The Morgan fingerprint density at radius 3 is 2.79 bits per heavy atom. The molecule has 14 heavy (non-hydrogen) atoms. The van der Waals surface area contributed by atoms with Crippen LogP contribution in [-0.2, 0) is 4.79 Å². The van der Waals surface area contributed by atoms with Crippen LogP contribution in [-0.4, -0.2) is 29.4 Å². The summed E-state index contributed by atoms with van der Waals surface area (Å²) in [5, 5.41) is 0. The minimum absolute atomic E-state index is 0.583. The highest BCUT2D eigenvalue weighted by molar-refractivity contribution is 5.47. The Labute approximate surface area is 83.8 Å². The predicted molar refractivity (Wildman–Crippen MR) is 53.8 cm³/mol. The summed E-state index contributed by atoms with van der Waals surface area (Å²) in [6.45, 7) is 1.76. The highest BCUT2D eigenvalue weighted by atomic mass is 16.1. The summed E-state index contributed by atoms with van der Waals surface area (Å²) < 4.78 is 0. The van der Waals surface area contributed by atoms with E-state index >= 15 is 0 Å². The summed E-state index contributed by atoms with van der Waals surface area (Å²) in [5.41, 5.74) is 1.30. The van der Waals surface area contributed by atoms with Gasteiger partial charge in [0.25, 0.3) is 0 Å². The van der Waals surface area contributed by atoms with E-state index in [-0.39, 0.29) is 0 Å². The Hall–Kier alpha value is -1.38. The number of pyridine rings is 1. The topological polar surface area (TPSA) is 33.2 Å². The second-order valence-corrected chi connectivity index (χ2v) is 3.70. The number of hydrogen-bond donors (Lipinski definition) is 0. The highest BCUT2D eigenvalue weighted by Gasteiger charge is 2.19. The fourth-order valence-corrected chi connectivity index (χ4v) is 1.96. The first-order valence-corrected chi connectivity index (χ1v) is 4.99. The van der Waals surface area contributed by atoms with E-state index in [1.54, 1.807) is 6.20 Å². The van der Waals surface area contributed by atoms with E-state index in [2.05, 4.69) is 11.1 Å². The van der Waals surface area contributed by atoms with Crippen molar-refractivity contribution in [3.05, 3.63) is 30.1 Å². The van der Waals surface area contributed by atoms with Gasteiger partial charge in [0.2, 0.25) is 6.41 Å². The van der Waals surface area contributed by atoms with Crippen molar-refractivity contribution >= 4 is 6.41 Å². The third-order valence-corrected chi connectivity index (χ3v) is 2.83. The molecule has 3 heteroatoms. The van der Waals surface area contributed by atoms with Gasteiger partial charge in [0.1, 0.15) is 0 Å². The van der Waals surface area contributed by atoms with E-state index in [1.165, 1.54) is 5.56 Å². The average Bonchev–Trinajstić information content (AvgIpc) is 2.30. The van der Waals surface area contributed by atoms with Crippen molar-refractivity contribution in [1.82, 2.24) is 9.88 Å². The van der Waals surface area contributed by atoms with Gasteiger partial charge in [-0.15, -0.1) is 0 Å². The van der Waals surface area contributed by atoms with Gasteiger partial charge in [-0.2, -0.15) is 0 Å². The van der Waals surface area contributed by atoms with Crippen molar-refractivity contribution in [2.24, 2.45) is 0 Å². The molecule has 1 saturated heterocycles. The van der Waals surface area contributed by atoms with Crippen LogP contribution in [0.15, 0.2) is 24.5 Å². The highest BCUT2D eigenvalue weighted by Crippen LogP contribution is 2.26.